The standard InChI is InChI=1S/C14H10N2O2S/c1-9-6-13(14(17)18)19-12(9)3-2-10-4-5-16-8-11(10)7-15/h2-6,8H,1H3,(H,17,18)/b3-2+. The Morgan fingerprint density at radius 1 is 1.53 bits per heavy atom. The second-order valence-electron chi connectivity index (χ2n) is 3.87. The fourth-order valence-corrected chi connectivity index (χ4v) is 2.49. The van der Waals surface area contributed by atoms with Crippen molar-refractivity contribution in [2.75, 3.05) is 0 Å². The lowest BCUT2D eigenvalue weighted by Crippen LogP contribution is -1.89. The van der Waals surface area contributed by atoms with E-state index < -0.39 is 5.97 Å². The molecule has 0 fully saturated rings. The number of carboxylic acids is 1. The lowest BCUT2D eigenvalue weighted by atomic mass is 10.1. The molecule has 0 aliphatic heterocycles. The third-order valence-corrected chi connectivity index (χ3v) is 3.75. The molecule has 1 N–H and O–H groups in total. The van der Waals surface area contributed by atoms with E-state index in [0.717, 1.165) is 16.0 Å². The second kappa shape index (κ2) is 5.46. The molecular formula is C14H10N2O2S. The molecule has 0 bridgehead atoms. The van der Waals surface area contributed by atoms with E-state index in [1.807, 2.05) is 13.0 Å². The van der Waals surface area contributed by atoms with Crippen molar-refractivity contribution in [1.82, 2.24) is 4.98 Å². The zero-order chi connectivity index (χ0) is 13.8. The summed E-state index contributed by atoms with van der Waals surface area (Å²) in [7, 11) is 0. The van der Waals surface area contributed by atoms with E-state index in [2.05, 4.69) is 11.1 Å². The van der Waals surface area contributed by atoms with Crippen LogP contribution in [0.1, 0.15) is 31.2 Å². The van der Waals surface area contributed by atoms with Gasteiger partial charge >= 0.3 is 5.97 Å². The van der Waals surface area contributed by atoms with Crippen LogP contribution in [0.2, 0.25) is 0 Å². The average molecular weight is 270 g/mol. The molecule has 19 heavy (non-hydrogen) atoms. The van der Waals surface area contributed by atoms with Crippen LogP contribution in [0.25, 0.3) is 12.2 Å². The van der Waals surface area contributed by atoms with Crippen molar-refractivity contribution in [2.45, 2.75) is 6.92 Å². The first-order chi connectivity index (χ1) is 9.11. The lowest BCUT2D eigenvalue weighted by Gasteiger charge is -1.95. The van der Waals surface area contributed by atoms with E-state index >= 15 is 0 Å². The van der Waals surface area contributed by atoms with Crippen LogP contribution in [-0.4, -0.2) is 16.1 Å². The minimum atomic E-state index is -0.922. The highest BCUT2D eigenvalue weighted by atomic mass is 32.1. The Labute approximate surface area is 114 Å². The number of pyridine rings is 1. The first kappa shape index (κ1) is 13.0. The van der Waals surface area contributed by atoms with Crippen LogP contribution in [0.3, 0.4) is 0 Å². The molecule has 0 saturated carbocycles. The Bertz CT molecular complexity index is 696. The number of carbonyl (C=O) groups is 1. The summed E-state index contributed by atoms with van der Waals surface area (Å²) in [5.74, 6) is -0.922. The van der Waals surface area contributed by atoms with Crippen molar-refractivity contribution >= 4 is 29.5 Å². The maximum Gasteiger partial charge on any atom is 0.345 e. The van der Waals surface area contributed by atoms with E-state index in [0.29, 0.717) is 10.4 Å². The smallest absolute Gasteiger partial charge is 0.345 e. The molecule has 0 aliphatic carbocycles. The van der Waals surface area contributed by atoms with Crippen molar-refractivity contribution in [3.8, 4) is 6.07 Å². The quantitative estimate of drug-likeness (QED) is 0.929. The number of aromatic nitrogens is 1. The van der Waals surface area contributed by atoms with Crippen LogP contribution in [0.15, 0.2) is 24.5 Å². The van der Waals surface area contributed by atoms with Crippen LogP contribution in [0.5, 0.6) is 0 Å². The van der Waals surface area contributed by atoms with Crippen molar-refractivity contribution < 1.29 is 9.90 Å². The number of nitriles is 1. The molecule has 4 nitrogen and oxygen atoms in total. The Hall–Kier alpha value is -2.45. The summed E-state index contributed by atoms with van der Waals surface area (Å²) in [6, 6.07) is 5.45. The molecule has 0 radical (unpaired) electrons. The summed E-state index contributed by atoms with van der Waals surface area (Å²) >= 11 is 1.22. The third kappa shape index (κ3) is 2.87. The fraction of sp³-hybridized carbons (Fsp3) is 0.0714. The first-order valence-corrected chi connectivity index (χ1v) is 6.29. The molecule has 0 unspecified atom stereocenters. The molecule has 0 amide bonds. The van der Waals surface area contributed by atoms with Crippen molar-refractivity contribution in [3.63, 3.8) is 0 Å². The molecule has 0 spiro atoms. The Balaban J connectivity index is 2.33. The van der Waals surface area contributed by atoms with Crippen molar-refractivity contribution in [1.29, 1.82) is 5.26 Å². The van der Waals surface area contributed by atoms with Gasteiger partial charge in [0.1, 0.15) is 10.9 Å². The van der Waals surface area contributed by atoms with E-state index in [9.17, 15) is 4.79 Å². The predicted octanol–water partition coefficient (Wildman–Crippen LogP) is 3.19. The molecule has 0 atom stereocenters. The van der Waals surface area contributed by atoms with Gasteiger partial charge in [-0.2, -0.15) is 5.26 Å². The van der Waals surface area contributed by atoms with Gasteiger partial charge in [0, 0.05) is 17.3 Å². The molecule has 0 saturated heterocycles. The van der Waals surface area contributed by atoms with Gasteiger partial charge in [-0.3, -0.25) is 4.98 Å². The summed E-state index contributed by atoms with van der Waals surface area (Å²) in [6.07, 6.45) is 6.74. The van der Waals surface area contributed by atoms with Crippen LogP contribution < -0.4 is 0 Å². The number of aryl methyl sites for hydroxylation is 1. The van der Waals surface area contributed by atoms with Gasteiger partial charge in [0.25, 0.3) is 0 Å². The van der Waals surface area contributed by atoms with Gasteiger partial charge in [0.2, 0.25) is 0 Å². The second-order valence-corrected chi connectivity index (χ2v) is 4.95. The molecule has 2 aromatic rings. The van der Waals surface area contributed by atoms with Crippen molar-refractivity contribution in [2.24, 2.45) is 0 Å². The number of nitrogens with zero attached hydrogens (tertiary/aromatic N) is 2. The van der Waals surface area contributed by atoms with Gasteiger partial charge in [-0.25, -0.2) is 4.79 Å². The summed E-state index contributed by atoms with van der Waals surface area (Å²) in [5.41, 5.74) is 2.17. The highest BCUT2D eigenvalue weighted by Gasteiger charge is 2.09. The fourth-order valence-electron chi connectivity index (χ4n) is 1.58. The number of rotatable bonds is 3. The van der Waals surface area contributed by atoms with E-state index in [4.69, 9.17) is 10.4 Å². The largest absolute Gasteiger partial charge is 0.477 e. The zero-order valence-corrected chi connectivity index (χ0v) is 10.9. The van der Waals surface area contributed by atoms with Gasteiger partial charge in [-0.1, -0.05) is 6.08 Å². The number of thiophene rings is 1. The molecule has 94 valence electrons. The predicted molar refractivity (Wildman–Crippen MR) is 73.9 cm³/mol. The van der Waals surface area contributed by atoms with Crippen LogP contribution in [-0.2, 0) is 0 Å². The lowest BCUT2D eigenvalue weighted by molar-refractivity contribution is 0.0702. The normalized spacial score (nSPS) is 10.5. The number of hydrogen-bond donors (Lipinski definition) is 1. The monoisotopic (exact) mass is 270 g/mol. The summed E-state index contributed by atoms with van der Waals surface area (Å²) in [5, 5.41) is 17.9. The maximum atomic E-state index is 10.9. The van der Waals surface area contributed by atoms with E-state index in [-0.39, 0.29) is 0 Å². The minimum absolute atomic E-state index is 0.312. The molecule has 2 rings (SSSR count). The molecule has 2 heterocycles. The maximum absolute atomic E-state index is 10.9. The van der Waals surface area contributed by atoms with Crippen LogP contribution >= 0.6 is 11.3 Å². The van der Waals surface area contributed by atoms with Gasteiger partial charge in [0.05, 0.1) is 5.56 Å². The summed E-state index contributed by atoms with van der Waals surface area (Å²) in [6.45, 7) is 1.86. The topological polar surface area (TPSA) is 74.0 Å². The minimum Gasteiger partial charge on any atom is -0.477 e. The average Bonchev–Trinajstić information content (AvgIpc) is 2.78. The molecule has 2 aromatic heterocycles. The Kier molecular flexibility index (Phi) is 3.74. The van der Waals surface area contributed by atoms with Crippen molar-refractivity contribution in [3.05, 3.63) is 51.0 Å². The molecular weight excluding hydrogens is 260 g/mol. The molecule has 0 aromatic carbocycles. The highest BCUT2D eigenvalue weighted by Crippen LogP contribution is 2.24. The van der Waals surface area contributed by atoms with E-state index in [1.54, 1.807) is 24.4 Å². The SMILES string of the molecule is Cc1cc(C(=O)O)sc1/C=C/c1ccncc1C#N. The Morgan fingerprint density at radius 2 is 2.32 bits per heavy atom. The summed E-state index contributed by atoms with van der Waals surface area (Å²) in [4.78, 5) is 15.9. The van der Waals surface area contributed by atoms with Gasteiger partial charge in [-0.05, 0) is 36.3 Å². The highest BCUT2D eigenvalue weighted by molar-refractivity contribution is 7.15. The number of carboxylic acid groups (broad SMARTS) is 1. The third-order valence-electron chi connectivity index (χ3n) is 2.56. The number of aromatic carboxylic acids is 1. The number of hydrogen-bond acceptors (Lipinski definition) is 4. The first-order valence-electron chi connectivity index (χ1n) is 5.47. The van der Waals surface area contributed by atoms with Crippen LogP contribution in [0.4, 0.5) is 0 Å². The van der Waals surface area contributed by atoms with Gasteiger partial charge < -0.3 is 5.11 Å². The van der Waals surface area contributed by atoms with Gasteiger partial charge in [-0.15, -0.1) is 11.3 Å². The molecule has 5 heteroatoms. The Morgan fingerprint density at radius 3 is 2.95 bits per heavy atom. The van der Waals surface area contributed by atoms with E-state index in [1.165, 1.54) is 17.5 Å². The summed E-state index contributed by atoms with van der Waals surface area (Å²) < 4.78 is 0. The molecule has 0 aliphatic rings. The van der Waals surface area contributed by atoms with Gasteiger partial charge in [0.15, 0.2) is 0 Å². The van der Waals surface area contributed by atoms with Crippen LogP contribution in [0, 0.1) is 18.3 Å². The zero-order valence-electron chi connectivity index (χ0n) is 10.1.